The van der Waals surface area contributed by atoms with E-state index >= 15 is 0 Å². The van der Waals surface area contributed by atoms with Gasteiger partial charge in [0.2, 0.25) is 5.91 Å². The van der Waals surface area contributed by atoms with E-state index in [4.69, 9.17) is 10.8 Å². The van der Waals surface area contributed by atoms with Gasteiger partial charge in [-0.3, -0.25) is 9.59 Å². The first-order valence-electron chi connectivity index (χ1n) is 9.03. The quantitative estimate of drug-likeness (QED) is 0.456. The average Bonchev–Trinajstić information content (AvgIpc) is 3.26. The van der Waals surface area contributed by atoms with E-state index in [9.17, 15) is 14.4 Å². The van der Waals surface area contributed by atoms with Crippen LogP contribution in [0.15, 0.2) is 0 Å². The Hall–Kier alpha value is -1.63. The Balaban J connectivity index is 2.67. The summed E-state index contributed by atoms with van der Waals surface area (Å²) in [6.45, 7) is 10.1. The number of carbonyl (C=O) groups is 3. The van der Waals surface area contributed by atoms with Crippen molar-refractivity contribution in [2.24, 2.45) is 11.8 Å². The number of epoxide rings is 1. The van der Waals surface area contributed by atoms with Crippen LogP contribution in [-0.4, -0.2) is 49.2 Å². The molecule has 0 aromatic carbocycles. The molecule has 138 valence electrons. The number of rotatable bonds is 10. The van der Waals surface area contributed by atoms with Crippen molar-refractivity contribution in [2.75, 3.05) is 13.2 Å². The molecule has 1 aliphatic rings. The molecule has 0 aromatic heterocycles. The van der Waals surface area contributed by atoms with Crippen molar-refractivity contribution in [3.05, 3.63) is 0 Å². The minimum absolute atomic E-state index is 0.0228. The summed E-state index contributed by atoms with van der Waals surface area (Å²) in [5, 5.41) is 5.14. The maximum absolute atomic E-state index is 12.4. The normalized spacial score (nSPS) is 22.5. The number of amides is 2. The summed E-state index contributed by atoms with van der Waals surface area (Å²) in [5.74, 6) is -1.36. The molecule has 2 N–H and O–H groups in total. The zero-order valence-electron chi connectivity index (χ0n) is 16.2. The number of esters is 1. The Labute approximate surface area is 145 Å². The summed E-state index contributed by atoms with van der Waals surface area (Å²) in [6.07, 6.45) is -1.01. The standard InChI is InChI=1S/C17H30N2O5/c1-6-23-17(22)14-13(24-14)16(21)19-12(9-11(4)5)15(20)18-8-7-10(2)3/h10-14H,6-9H2,1-5H3,(H,18,20)(H,19,21)/t12-,13-,14-/m0/s1/i12D. The molecular weight excluding hydrogens is 312 g/mol. The van der Waals surface area contributed by atoms with Crippen LogP contribution < -0.4 is 10.6 Å². The van der Waals surface area contributed by atoms with E-state index in [1.54, 1.807) is 6.92 Å². The second kappa shape index (κ2) is 9.61. The summed E-state index contributed by atoms with van der Waals surface area (Å²) < 4.78 is 18.3. The number of hydrogen-bond acceptors (Lipinski definition) is 5. The van der Waals surface area contributed by atoms with Gasteiger partial charge in [0.05, 0.1) is 7.98 Å². The van der Waals surface area contributed by atoms with Crippen LogP contribution in [0.25, 0.3) is 0 Å². The van der Waals surface area contributed by atoms with Gasteiger partial charge in [-0.1, -0.05) is 27.7 Å². The third-order valence-corrected chi connectivity index (χ3v) is 3.44. The van der Waals surface area contributed by atoms with Gasteiger partial charge < -0.3 is 20.1 Å². The highest BCUT2D eigenvalue weighted by atomic mass is 16.6. The first-order valence-corrected chi connectivity index (χ1v) is 8.53. The molecule has 0 bridgehead atoms. The SMILES string of the molecule is [2H][C@@](CC(C)C)(NC(=O)[C@H]1O[C@@H]1C(=O)OCC)C(=O)NCCC(C)C. The van der Waals surface area contributed by atoms with Gasteiger partial charge in [-0.2, -0.15) is 0 Å². The van der Waals surface area contributed by atoms with Gasteiger partial charge in [0.15, 0.2) is 12.2 Å². The third kappa shape index (κ3) is 6.86. The van der Waals surface area contributed by atoms with E-state index in [1.165, 1.54) is 0 Å². The molecule has 0 radical (unpaired) electrons. The Bertz CT molecular complexity index is 497. The van der Waals surface area contributed by atoms with Crippen LogP contribution in [0.4, 0.5) is 0 Å². The molecule has 7 nitrogen and oxygen atoms in total. The fraction of sp³-hybridized carbons (Fsp3) is 0.824. The maximum atomic E-state index is 12.4. The second-order valence-corrected chi connectivity index (χ2v) is 6.73. The Morgan fingerprint density at radius 2 is 1.83 bits per heavy atom. The number of carbonyl (C=O) groups excluding carboxylic acids is 3. The summed E-state index contributed by atoms with van der Waals surface area (Å²) in [4.78, 5) is 36.2. The van der Waals surface area contributed by atoms with E-state index in [0.717, 1.165) is 6.42 Å². The van der Waals surface area contributed by atoms with Crippen LogP contribution in [0, 0.1) is 11.8 Å². The van der Waals surface area contributed by atoms with Crippen molar-refractivity contribution in [3.8, 4) is 0 Å². The molecule has 0 saturated carbocycles. The zero-order valence-corrected chi connectivity index (χ0v) is 15.2. The summed E-state index contributed by atoms with van der Waals surface area (Å²) in [5.41, 5.74) is 0. The maximum Gasteiger partial charge on any atom is 0.338 e. The highest BCUT2D eigenvalue weighted by molar-refractivity contribution is 5.95. The van der Waals surface area contributed by atoms with Crippen molar-refractivity contribution in [3.63, 3.8) is 0 Å². The first kappa shape index (κ1) is 18.7. The highest BCUT2D eigenvalue weighted by Gasteiger charge is 2.52. The van der Waals surface area contributed by atoms with Gasteiger partial charge in [-0.05, 0) is 31.6 Å². The molecule has 0 aliphatic carbocycles. The van der Waals surface area contributed by atoms with Crippen molar-refractivity contribution in [1.82, 2.24) is 10.6 Å². The number of nitrogens with one attached hydrogen (secondary N) is 2. The average molecular weight is 343 g/mol. The van der Waals surface area contributed by atoms with Crippen molar-refractivity contribution >= 4 is 17.8 Å². The largest absolute Gasteiger partial charge is 0.464 e. The lowest BCUT2D eigenvalue weighted by molar-refractivity contribution is -0.144. The van der Waals surface area contributed by atoms with Gasteiger partial charge in [-0.15, -0.1) is 0 Å². The van der Waals surface area contributed by atoms with E-state index in [0.29, 0.717) is 12.5 Å². The smallest absolute Gasteiger partial charge is 0.338 e. The van der Waals surface area contributed by atoms with Gasteiger partial charge in [0.25, 0.3) is 5.91 Å². The minimum Gasteiger partial charge on any atom is -0.464 e. The van der Waals surface area contributed by atoms with E-state index in [1.807, 2.05) is 27.7 Å². The molecule has 0 unspecified atom stereocenters. The monoisotopic (exact) mass is 343 g/mol. The van der Waals surface area contributed by atoms with Gasteiger partial charge in [0.1, 0.15) is 6.02 Å². The van der Waals surface area contributed by atoms with Crippen molar-refractivity contribution in [2.45, 2.75) is 65.7 Å². The Morgan fingerprint density at radius 3 is 2.38 bits per heavy atom. The van der Waals surface area contributed by atoms with Gasteiger partial charge in [-0.25, -0.2) is 4.79 Å². The van der Waals surface area contributed by atoms with Crippen LogP contribution in [0.3, 0.4) is 0 Å². The Kier molecular flexibility index (Phi) is 7.49. The zero-order chi connectivity index (χ0) is 19.2. The topological polar surface area (TPSA) is 97.0 Å². The molecule has 24 heavy (non-hydrogen) atoms. The summed E-state index contributed by atoms with van der Waals surface area (Å²) in [7, 11) is 0. The lowest BCUT2D eigenvalue weighted by atomic mass is 10.0. The van der Waals surface area contributed by atoms with Gasteiger partial charge >= 0.3 is 5.97 Å². The molecule has 1 saturated heterocycles. The molecule has 1 heterocycles. The van der Waals surface area contributed by atoms with Crippen molar-refractivity contribution < 1.29 is 25.2 Å². The first-order chi connectivity index (χ1) is 11.6. The van der Waals surface area contributed by atoms with E-state index < -0.39 is 36.0 Å². The fourth-order valence-electron chi connectivity index (χ4n) is 2.13. The number of hydrogen-bond donors (Lipinski definition) is 2. The van der Waals surface area contributed by atoms with Gasteiger partial charge in [0, 0.05) is 6.54 Å². The minimum atomic E-state index is -1.80. The predicted molar refractivity (Wildman–Crippen MR) is 89.1 cm³/mol. The molecule has 2 amide bonds. The highest BCUT2D eigenvalue weighted by Crippen LogP contribution is 2.24. The fourth-order valence-corrected chi connectivity index (χ4v) is 2.13. The number of ether oxygens (including phenoxy) is 2. The molecule has 1 fully saturated rings. The van der Waals surface area contributed by atoms with Crippen LogP contribution in [0.2, 0.25) is 0 Å². The molecule has 0 spiro atoms. The molecule has 1 rings (SSSR count). The molecular formula is C17H30N2O5. The summed E-state index contributed by atoms with van der Waals surface area (Å²) in [6, 6.07) is -1.80. The second-order valence-electron chi connectivity index (χ2n) is 6.73. The van der Waals surface area contributed by atoms with E-state index in [2.05, 4.69) is 10.6 Å². The van der Waals surface area contributed by atoms with Crippen LogP contribution in [0.1, 0.15) is 48.8 Å². The molecule has 7 heteroatoms. The molecule has 0 aromatic rings. The summed E-state index contributed by atoms with van der Waals surface area (Å²) >= 11 is 0. The lowest BCUT2D eigenvalue weighted by Gasteiger charge is -2.20. The molecule has 3 atom stereocenters. The predicted octanol–water partition coefficient (Wildman–Crippen LogP) is 1.01. The van der Waals surface area contributed by atoms with Crippen LogP contribution in [-0.2, 0) is 23.9 Å². The van der Waals surface area contributed by atoms with Crippen LogP contribution in [0.5, 0.6) is 0 Å². The Morgan fingerprint density at radius 1 is 1.17 bits per heavy atom. The van der Waals surface area contributed by atoms with E-state index in [-0.39, 0.29) is 18.9 Å². The third-order valence-electron chi connectivity index (χ3n) is 3.44. The molecule has 1 aliphatic heterocycles. The lowest BCUT2D eigenvalue weighted by Crippen LogP contribution is -2.49. The van der Waals surface area contributed by atoms with Crippen molar-refractivity contribution in [1.29, 1.82) is 0 Å². The van der Waals surface area contributed by atoms with Crippen LogP contribution >= 0.6 is 0 Å².